The largest absolute Gasteiger partial charge is 0.370 e. The van der Waals surface area contributed by atoms with E-state index in [9.17, 15) is 0 Å². The van der Waals surface area contributed by atoms with Crippen LogP contribution in [0, 0.1) is 0 Å². The van der Waals surface area contributed by atoms with E-state index in [1.807, 2.05) is 6.07 Å². The topological polar surface area (TPSA) is 70.6 Å². The van der Waals surface area contributed by atoms with E-state index >= 15 is 0 Å². The van der Waals surface area contributed by atoms with Crippen molar-refractivity contribution in [1.29, 1.82) is 0 Å². The second kappa shape index (κ2) is 8.98. The summed E-state index contributed by atoms with van der Waals surface area (Å²) < 4.78 is 0. The molecule has 1 aliphatic heterocycles. The lowest BCUT2D eigenvalue weighted by atomic mass is 10.1. The maximum atomic E-state index is 6.25. The van der Waals surface area contributed by atoms with Gasteiger partial charge in [0.05, 0.1) is 6.54 Å². The fraction of sp³-hybridized carbons (Fsp3) is 0.250. The number of hydrogen-bond donors (Lipinski definition) is 1. The Kier molecular flexibility index (Phi) is 6.44. The van der Waals surface area contributed by atoms with Gasteiger partial charge in [-0.1, -0.05) is 42.5 Å². The lowest BCUT2D eigenvalue weighted by Gasteiger charge is -2.35. The fourth-order valence-corrected chi connectivity index (χ4v) is 3.29. The van der Waals surface area contributed by atoms with Crippen molar-refractivity contribution < 1.29 is 0 Å². The molecule has 0 amide bonds. The van der Waals surface area contributed by atoms with Crippen molar-refractivity contribution in [2.45, 2.75) is 6.54 Å². The predicted molar refractivity (Wildman–Crippen MR) is 121 cm³/mol. The fourth-order valence-electron chi connectivity index (χ4n) is 3.29. The van der Waals surface area contributed by atoms with Gasteiger partial charge in [0, 0.05) is 38.6 Å². The molecule has 0 spiro atoms. The third kappa shape index (κ3) is 4.47. The minimum Gasteiger partial charge on any atom is -0.370 e. The SMILES string of the molecule is I.NC(=NCc1cccc2ccccc12)N1CCN(c2ncccn2)CC1. The van der Waals surface area contributed by atoms with Gasteiger partial charge in [-0.2, -0.15) is 0 Å². The van der Waals surface area contributed by atoms with Gasteiger partial charge in [0.2, 0.25) is 5.95 Å². The lowest BCUT2D eigenvalue weighted by molar-refractivity contribution is 0.378. The second-order valence-electron chi connectivity index (χ2n) is 6.34. The minimum atomic E-state index is 0. The Hall–Kier alpha value is -2.42. The van der Waals surface area contributed by atoms with Crippen LogP contribution in [0.5, 0.6) is 0 Å². The van der Waals surface area contributed by atoms with Gasteiger partial charge in [0.1, 0.15) is 0 Å². The highest BCUT2D eigenvalue weighted by Crippen LogP contribution is 2.19. The molecule has 0 radical (unpaired) electrons. The maximum absolute atomic E-state index is 6.25. The summed E-state index contributed by atoms with van der Waals surface area (Å²) in [5.74, 6) is 1.38. The molecular weight excluding hydrogens is 451 g/mol. The number of fused-ring (bicyclic) bond motifs is 1. The summed E-state index contributed by atoms with van der Waals surface area (Å²) >= 11 is 0. The van der Waals surface area contributed by atoms with E-state index in [-0.39, 0.29) is 24.0 Å². The Morgan fingerprint density at radius 1 is 0.926 bits per heavy atom. The number of aromatic nitrogens is 2. The molecule has 2 aromatic carbocycles. The number of rotatable bonds is 3. The van der Waals surface area contributed by atoms with Crippen LogP contribution in [0.4, 0.5) is 5.95 Å². The summed E-state index contributed by atoms with van der Waals surface area (Å²) in [7, 11) is 0. The number of aliphatic imine (C=N–C) groups is 1. The number of nitrogens with two attached hydrogens (primary N) is 1. The zero-order valence-electron chi connectivity index (χ0n) is 15.0. The molecule has 1 aliphatic rings. The van der Waals surface area contributed by atoms with Gasteiger partial charge in [-0.3, -0.25) is 0 Å². The normalized spacial score (nSPS) is 14.9. The zero-order chi connectivity index (χ0) is 17.8. The first kappa shape index (κ1) is 19.3. The van der Waals surface area contributed by atoms with E-state index in [1.54, 1.807) is 12.4 Å². The molecular formula is C20H23IN6. The molecule has 0 bridgehead atoms. The quantitative estimate of drug-likeness (QED) is 0.359. The second-order valence-corrected chi connectivity index (χ2v) is 6.34. The van der Waals surface area contributed by atoms with Crippen LogP contribution >= 0.6 is 24.0 Å². The van der Waals surface area contributed by atoms with Crippen LogP contribution in [0.15, 0.2) is 65.9 Å². The monoisotopic (exact) mass is 474 g/mol. The van der Waals surface area contributed by atoms with Crippen molar-refractivity contribution in [3.05, 3.63) is 66.5 Å². The Labute approximate surface area is 176 Å². The number of halogens is 1. The summed E-state index contributed by atoms with van der Waals surface area (Å²) in [5.41, 5.74) is 7.45. The molecule has 2 heterocycles. The van der Waals surface area contributed by atoms with Gasteiger partial charge in [0.25, 0.3) is 0 Å². The van der Waals surface area contributed by atoms with Crippen molar-refractivity contribution in [3.63, 3.8) is 0 Å². The van der Waals surface area contributed by atoms with Crippen LogP contribution in [0.25, 0.3) is 10.8 Å². The van der Waals surface area contributed by atoms with E-state index in [1.165, 1.54) is 16.3 Å². The highest BCUT2D eigenvalue weighted by molar-refractivity contribution is 14.0. The average Bonchev–Trinajstić information content (AvgIpc) is 2.73. The van der Waals surface area contributed by atoms with E-state index in [0.29, 0.717) is 12.5 Å². The highest BCUT2D eigenvalue weighted by atomic mass is 127. The molecule has 7 heteroatoms. The summed E-state index contributed by atoms with van der Waals surface area (Å²) in [6.07, 6.45) is 3.55. The van der Waals surface area contributed by atoms with Gasteiger partial charge >= 0.3 is 0 Å². The first-order chi connectivity index (χ1) is 12.8. The molecule has 0 aliphatic carbocycles. The van der Waals surface area contributed by atoms with Crippen LogP contribution < -0.4 is 10.6 Å². The molecule has 6 nitrogen and oxygen atoms in total. The van der Waals surface area contributed by atoms with Crippen LogP contribution in [0.1, 0.15) is 5.56 Å². The van der Waals surface area contributed by atoms with Crippen LogP contribution in [0.2, 0.25) is 0 Å². The number of nitrogens with zero attached hydrogens (tertiary/aromatic N) is 5. The Bertz CT molecular complexity index is 901. The van der Waals surface area contributed by atoms with Crippen molar-refractivity contribution in [2.75, 3.05) is 31.1 Å². The molecule has 27 heavy (non-hydrogen) atoms. The molecule has 4 rings (SSSR count). The van der Waals surface area contributed by atoms with Crippen LogP contribution in [-0.2, 0) is 6.54 Å². The maximum Gasteiger partial charge on any atom is 0.225 e. The van der Waals surface area contributed by atoms with Crippen molar-refractivity contribution in [3.8, 4) is 0 Å². The summed E-state index contributed by atoms with van der Waals surface area (Å²) in [6, 6.07) is 16.5. The predicted octanol–water partition coefficient (Wildman–Crippen LogP) is 2.88. The molecule has 1 fully saturated rings. The minimum absolute atomic E-state index is 0. The third-order valence-electron chi connectivity index (χ3n) is 4.73. The molecule has 3 aromatic rings. The third-order valence-corrected chi connectivity index (χ3v) is 4.73. The molecule has 2 N–H and O–H groups in total. The van der Waals surface area contributed by atoms with Crippen molar-refractivity contribution in [2.24, 2.45) is 10.7 Å². The van der Waals surface area contributed by atoms with E-state index < -0.39 is 0 Å². The van der Waals surface area contributed by atoms with Gasteiger partial charge in [-0.25, -0.2) is 15.0 Å². The molecule has 1 saturated heterocycles. The highest BCUT2D eigenvalue weighted by Gasteiger charge is 2.19. The van der Waals surface area contributed by atoms with Gasteiger partial charge in [0.15, 0.2) is 5.96 Å². The van der Waals surface area contributed by atoms with Crippen molar-refractivity contribution >= 4 is 46.7 Å². The summed E-state index contributed by atoms with van der Waals surface area (Å²) in [4.78, 5) is 17.6. The molecule has 140 valence electrons. The zero-order valence-corrected chi connectivity index (χ0v) is 17.4. The molecule has 0 unspecified atom stereocenters. The summed E-state index contributed by atoms with van der Waals surface area (Å²) in [6.45, 7) is 3.92. The Balaban J connectivity index is 0.00000210. The first-order valence-electron chi connectivity index (χ1n) is 8.85. The number of piperazine rings is 1. The first-order valence-corrected chi connectivity index (χ1v) is 8.85. The standard InChI is InChI=1S/C20H22N6.HI/c21-19(24-15-17-7-3-6-16-5-1-2-8-18(16)17)25-11-13-26(14-12-25)20-22-9-4-10-23-20;/h1-10H,11-15H2,(H2,21,24);1H. The average molecular weight is 474 g/mol. The van der Waals surface area contributed by atoms with Gasteiger partial charge < -0.3 is 15.5 Å². The number of benzene rings is 2. The lowest BCUT2D eigenvalue weighted by Crippen LogP contribution is -2.51. The Morgan fingerprint density at radius 3 is 2.41 bits per heavy atom. The molecule has 0 saturated carbocycles. The van der Waals surface area contributed by atoms with E-state index in [4.69, 9.17) is 5.73 Å². The van der Waals surface area contributed by atoms with E-state index in [0.717, 1.165) is 32.1 Å². The number of hydrogen-bond acceptors (Lipinski definition) is 4. The number of anilines is 1. The van der Waals surface area contributed by atoms with Gasteiger partial charge in [-0.05, 0) is 22.4 Å². The molecule has 0 atom stereocenters. The van der Waals surface area contributed by atoms with Crippen molar-refractivity contribution in [1.82, 2.24) is 14.9 Å². The van der Waals surface area contributed by atoms with Crippen LogP contribution in [0.3, 0.4) is 0 Å². The number of guanidine groups is 1. The Morgan fingerprint density at radius 2 is 1.63 bits per heavy atom. The smallest absolute Gasteiger partial charge is 0.225 e. The van der Waals surface area contributed by atoms with Crippen LogP contribution in [-0.4, -0.2) is 47.0 Å². The summed E-state index contributed by atoms with van der Waals surface area (Å²) in [5, 5.41) is 2.47. The van der Waals surface area contributed by atoms with Gasteiger partial charge in [-0.15, -0.1) is 24.0 Å². The molecule has 1 aromatic heterocycles. The van der Waals surface area contributed by atoms with E-state index in [2.05, 4.69) is 67.2 Å².